The molecular formula is C114H152Y24-12. The van der Waals surface area contributed by atoms with E-state index in [4.69, 9.17) is 0 Å². The van der Waals surface area contributed by atoms with Crippen LogP contribution in [0.4, 0.5) is 0 Å². The molecule has 0 N–H and O–H groups in total. The molecule has 0 unspecified atom stereocenters. The molecule has 24 radical (unpaired) electrons. The molecule has 0 atom stereocenters. The van der Waals surface area contributed by atoms with Gasteiger partial charge in [-0.1, -0.05) is 380 Å². The first-order valence-corrected chi connectivity index (χ1v) is 39.4. The average molecular weight is 3660 g/mol. The average Bonchev–Trinajstić information content (AvgIpc) is 1.60. The van der Waals surface area contributed by atoms with Gasteiger partial charge in [-0.2, -0.15) is 0 Å². The molecule has 0 aromatic heterocycles. The van der Waals surface area contributed by atoms with Crippen molar-refractivity contribution in [1.29, 1.82) is 0 Å². The summed E-state index contributed by atoms with van der Waals surface area (Å²) in [6.07, 6.45) is 16.3. The molecule has 0 heterocycles. The van der Waals surface area contributed by atoms with Gasteiger partial charge in [0.2, 0.25) is 0 Å². The van der Waals surface area contributed by atoms with Crippen molar-refractivity contribution in [1.82, 2.24) is 0 Å². The summed E-state index contributed by atoms with van der Waals surface area (Å²) in [5, 5.41) is 0. The molecule has 0 bridgehead atoms. The van der Waals surface area contributed by atoms with Crippen LogP contribution in [0.2, 0.25) is 0 Å². The van der Waals surface area contributed by atoms with Gasteiger partial charge in [0.15, 0.2) is 0 Å². The van der Waals surface area contributed by atoms with Gasteiger partial charge in [-0.25, -0.2) is 0 Å². The van der Waals surface area contributed by atoms with E-state index in [0.29, 0.717) is 0 Å². The summed E-state index contributed by atoms with van der Waals surface area (Å²) in [4.78, 5) is 0. The first kappa shape index (κ1) is 228. The molecule has 24 heteroatoms. The molecule has 0 fully saturated rings. The van der Waals surface area contributed by atoms with Gasteiger partial charge in [0, 0.05) is 785 Å². The number of rotatable bonds is 0. The fraction of sp³-hybridized carbons (Fsp3) is 0.263. The van der Waals surface area contributed by atoms with Gasteiger partial charge in [0.05, 0.1) is 0 Å². The third-order valence-electron chi connectivity index (χ3n) is 19.0. The van der Waals surface area contributed by atoms with Crippen LogP contribution >= 0.6 is 0 Å². The van der Waals surface area contributed by atoms with Gasteiger partial charge in [0.1, 0.15) is 0 Å². The SMILES string of the molecule is CC.CC.CCC.CCC.CCC.CCC.CCC.CCC.[CH3-].[CH3-].[CH3-].[CH3-].[CH3-].[CH3-].[CH3-].[CH3-].[CH3-].[CH3-].[CH3-].[CH3-].[Y].[Y].[Y].[Y].[Y].[Y].[Y].[Y].[Y].[Y].[Y].[Y].[Y].[Y].[Y].[Y].[Y].[Y].[Y].[Y].[Y].[Y].[Y].[Y].c1ccc2c(c1)Cc1c-2ccc2c1Cc1ccccc1-2.c1ccc2c(c1)Cc1c-2ccc2c1Cc1ccccc1-2.c1ccc2c(c1)Cc1cc3c(cc1-2)-c1ccccc1C3.c1ccc2c(c1)Cc1cc3c(cc1-2)-c1ccccc1C3. The van der Waals surface area contributed by atoms with Crippen LogP contribution in [0.25, 0.3) is 89.0 Å². The number of hydrogen-bond acceptors (Lipinski definition) is 0. The smallest absolute Gasteiger partial charge is 0 e. The Hall–Kier alpha value is 17.1. The van der Waals surface area contributed by atoms with Crippen LogP contribution in [-0.4, -0.2) is 0 Å². The Bertz CT molecular complexity index is 4210. The summed E-state index contributed by atoms with van der Waals surface area (Å²) >= 11 is 0. The molecule has 692 valence electrons. The van der Waals surface area contributed by atoms with E-state index in [1.54, 1.807) is 22.3 Å². The predicted octanol–water partition coefficient (Wildman–Crippen LogP) is 35.2. The van der Waals surface area contributed by atoms with Crippen molar-refractivity contribution in [3.63, 3.8) is 0 Å². The third-order valence-corrected chi connectivity index (χ3v) is 19.0. The fourth-order valence-electron chi connectivity index (χ4n) is 15.3. The Kier molecular flexibility index (Phi) is 214. The molecule has 0 saturated carbocycles. The van der Waals surface area contributed by atoms with E-state index in [1.807, 2.05) is 27.7 Å². The Morgan fingerprint density at radius 3 is 0.348 bits per heavy atom. The Balaban J connectivity index is -0.0000000388. The molecule has 8 aliphatic carbocycles. The van der Waals surface area contributed by atoms with Crippen LogP contribution in [0.5, 0.6) is 0 Å². The molecule has 138 heavy (non-hydrogen) atoms. The molecule has 0 spiro atoms. The summed E-state index contributed by atoms with van der Waals surface area (Å²) in [6.45, 7) is 33.5. The first-order chi connectivity index (χ1) is 50.1. The largest absolute Gasteiger partial charge is 0.358 e. The minimum atomic E-state index is 0. The summed E-state index contributed by atoms with van der Waals surface area (Å²) in [6, 6.07) is 89.6. The van der Waals surface area contributed by atoms with Gasteiger partial charge in [-0.3, -0.25) is 0 Å². The van der Waals surface area contributed by atoms with E-state index in [9.17, 15) is 0 Å². The summed E-state index contributed by atoms with van der Waals surface area (Å²) in [5.74, 6) is 0. The van der Waals surface area contributed by atoms with Gasteiger partial charge >= 0.3 is 0 Å². The zero-order valence-electron chi connectivity index (χ0n) is 90.8. The number of fused-ring (bicyclic) bond motifs is 26. The minimum absolute atomic E-state index is 0. The van der Waals surface area contributed by atoms with E-state index in [1.165, 1.54) is 194 Å². The van der Waals surface area contributed by atoms with Crippen molar-refractivity contribution in [2.24, 2.45) is 0 Å². The maximum absolute atomic E-state index is 2.44. The van der Waals surface area contributed by atoms with Gasteiger partial charge < -0.3 is 89.1 Å². The second-order valence-electron chi connectivity index (χ2n) is 27.5. The van der Waals surface area contributed by atoms with Gasteiger partial charge in [-0.05, 0) is 242 Å². The van der Waals surface area contributed by atoms with Crippen LogP contribution < -0.4 is 0 Å². The maximum atomic E-state index is 2.44. The Morgan fingerprint density at radius 2 is 0.225 bits per heavy atom. The van der Waals surface area contributed by atoms with Crippen LogP contribution in [0.1, 0.15) is 238 Å². The van der Waals surface area contributed by atoms with Crippen LogP contribution in [0.15, 0.2) is 243 Å². The topological polar surface area (TPSA) is 0 Å². The van der Waals surface area contributed by atoms with Crippen LogP contribution in [0, 0.1) is 89.1 Å². The predicted molar refractivity (Wildman–Crippen MR) is 527 cm³/mol. The van der Waals surface area contributed by atoms with Crippen molar-refractivity contribution in [3.8, 4) is 89.0 Å². The third kappa shape index (κ3) is 64.1. The van der Waals surface area contributed by atoms with Crippen molar-refractivity contribution in [2.45, 2.75) is 201 Å². The molecule has 0 amide bonds. The Morgan fingerprint density at radius 1 is 0.123 bits per heavy atom. The summed E-state index contributed by atoms with van der Waals surface area (Å²) in [5.41, 5.74) is 47.0. The molecule has 0 saturated heterocycles. The van der Waals surface area contributed by atoms with E-state index in [0.717, 1.165) is 51.4 Å². The molecule has 12 aromatic carbocycles. The van der Waals surface area contributed by atoms with E-state index in [-0.39, 0.29) is 874 Å². The molecule has 8 aliphatic rings. The minimum Gasteiger partial charge on any atom is -0.358 e. The Labute approximate surface area is 1460 Å². The molecule has 0 aliphatic heterocycles. The molecule has 12 aromatic rings. The number of hydrogen-bond donors (Lipinski definition) is 0. The van der Waals surface area contributed by atoms with Crippen molar-refractivity contribution < 1.29 is 785 Å². The second kappa shape index (κ2) is 129. The summed E-state index contributed by atoms with van der Waals surface area (Å²) < 4.78 is 0. The number of benzene rings is 12. The quantitative estimate of drug-likeness (QED) is 0.133. The monoisotopic (exact) mass is 3650 g/mol. The van der Waals surface area contributed by atoms with Crippen molar-refractivity contribution >= 4 is 0 Å². The van der Waals surface area contributed by atoms with E-state index < -0.39 is 0 Å². The van der Waals surface area contributed by atoms with Crippen LogP contribution in [-0.2, 0) is 836 Å². The maximum Gasteiger partial charge on any atom is 0 e. The molecule has 0 nitrogen and oxygen atoms in total. The van der Waals surface area contributed by atoms with Gasteiger partial charge in [0.25, 0.3) is 0 Å². The second-order valence-corrected chi connectivity index (χ2v) is 27.5. The van der Waals surface area contributed by atoms with Gasteiger partial charge in [-0.15, -0.1) is 0 Å². The van der Waals surface area contributed by atoms with E-state index >= 15 is 0 Å². The zero-order chi connectivity index (χ0) is 72.7. The zero-order valence-corrected chi connectivity index (χ0v) is 159. The normalized spacial score (nSPS) is 8.75. The van der Waals surface area contributed by atoms with E-state index in [2.05, 4.69) is 326 Å². The fourth-order valence-corrected chi connectivity index (χ4v) is 15.3. The molecule has 20 rings (SSSR count). The first-order valence-electron chi connectivity index (χ1n) is 39.4. The van der Waals surface area contributed by atoms with Crippen molar-refractivity contribution in [2.75, 3.05) is 0 Å². The van der Waals surface area contributed by atoms with Crippen LogP contribution in [0.3, 0.4) is 0 Å². The standard InChI is InChI=1S/4C20H14.6C3H8.2C2H6.12CH3.24Y/c2*1-3-7-17-13(5-1)9-15-11-16-10-14-6-2-4-8-18(14)20(16)12-19(15)17;2*1-3-7-15-13(5-1)11-19-17(15)9-10-18-16-8-4-2-6-14(16)12-20(18)19;6*1-3-2;2*1-2;;;;;;;;;;;;;;;;;;;;;;;;;;;;;;;;;;;;/h2*1-8,11-12H,9-10H2;2*1-10H,11-12H2;6*3H2,1-2H3;2*1-2H3;12*1H3;;;;;;;;;;;;;;;;;;;;;;;;/q;;;;;;;;;;;;12*-1;;;;;;;;;;;;;;;;;;;;;;;;. The van der Waals surface area contributed by atoms with Crippen molar-refractivity contribution in [3.05, 3.63) is 421 Å². The summed E-state index contributed by atoms with van der Waals surface area (Å²) in [7, 11) is 0. The molecular weight excluding hydrogens is 3500 g/mol.